The minimum atomic E-state index is -4.38. The Kier molecular flexibility index (Phi) is 5.38. The van der Waals surface area contributed by atoms with Gasteiger partial charge in [0, 0.05) is 17.6 Å². The van der Waals surface area contributed by atoms with E-state index < -0.39 is 11.7 Å². The Morgan fingerprint density at radius 2 is 1.96 bits per heavy atom. The van der Waals surface area contributed by atoms with Crippen molar-refractivity contribution in [2.75, 3.05) is 18.9 Å². The van der Waals surface area contributed by atoms with Crippen molar-refractivity contribution in [1.82, 2.24) is 9.88 Å². The predicted octanol–water partition coefficient (Wildman–Crippen LogP) is 3.54. The number of anilines is 1. The first kappa shape index (κ1) is 17.4. The summed E-state index contributed by atoms with van der Waals surface area (Å²) in [6.45, 7) is 2.56. The molecule has 0 saturated heterocycles. The van der Waals surface area contributed by atoms with Gasteiger partial charge in [-0.1, -0.05) is 0 Å². The number of amides is 1. The summed E-state index contributed by atoms with van der Waals surface area (Å²) < 4.78 is 37.4. The smallest absolute Gasteiger partial charge is 0.325 e. The molecule has 4 nitrogen and oxygen atoms in total. The summed E-state index contributed by atoms with van der Waals surface area (Å²) >= 11 is 1.54. The van der Waals surface area contributed by atoms with Crippen LogP contribution in [0.1, 0.15) is 16.3 Å². The van der Waals surface area contributed by atoms with Crippen LogP contribution in [0.4, 0.5) is 18.9 Å². The number of carbonyl (C=O) groups excluding carboxylic acids is 1. The third-order valence-electron chi connectivity index (χ3n) is 3.01. The molecule has 1 amide bonds. The fraction of sp³-hybridized carbons (Fsp3) is 0.333. The van der Waals surface area contributed by atoms with Crippen molar-refractivity contribution in [3.05, 3.63) is 45.9 Å². The Morgan fingerprint density at radius 1 is 1.30 bits per heavy atom. The Balaban J connectivity index is 1.86. The van der Waals surface area contributed by atoms with Gasteiger partial charge in [0.1, 0.15) is 0 Å². The minimum absolute atomic E-state index is 0.123. The Labute approximate surface area is 136 Å². The van der Waals surface area contributed by atoms with E-state index in [1.54, 1.807) is 23.3 Å². The van der Waals surface area contributed by atoms with Gasteiger partial charge >= 0.3 is 6.18 Å². The summed E-state index contributed by atoms with van der Waals surface area (Å²) in [5.74, 6) is -0.292. The summed E-state index contributed by atoms with van der Waals surface area (Å²) in [7, 11) is 1.78. The van der Waals surface area contributed by atoms with Gasteiger partial charge < -0.3 is 5.32 Å². The molecule has 0 atom stereocenters. The van der Waals surface area contributed by atoms with Crippen LogP contribution in [0.3, 0.4) is 0 Å². The van der Waals surface area contributed by atoms with Crippen LogP contribution in [0.25, 0.3) is 0 Å². The molecule has 8 heteroatoms. The van der Waals surface area contributed by atoms with Gasteiger partial charge in [0.05, 0.1) is 22.8 Å². The molecule has 1 aromatic heterocycles. The molecule has 0 bridgehead atoms. The van der Waals surface area contributed by atoms with Crippen LogP contribution in [-0.2, 0) is 17.5 Å². The maximum absolute atomic E-state index is 12.5. The van der Waals surface area contributed by atoms with E-state index >= 15 is 0 Å². The van der Waals surface area contributed by atoms with E-state index in [0.717, 1.165) is 22.8 Å². The highest BCUT2D eigenvalue weighted by molar-refractivity contribution is 7.09. The largest absolute Gasteiger partial charge is 0.416 e. The molecule has 0 unspecified atom stereocenters. The van der Waals surface area contributed by atoms with Gasteiger partial charge in [-0.25, -0.2) is 4.98 Å². The zero-order chi connectivity index (χ0) is 17.0. The van der Waals surface area contributed by atoms with Crippen LogP contribution in [0, 0.1) is 6.92 Å². The normalized spacial score (nSPS) is 11.7. The number of carbonyl (C=O) groups is 1. The van der Waals surface area contributed by atoms with Crippen LogP contribution in [0.15, 0.2) is 29.6 Å². The van der Waals surface area contributed by atoms with E-state index in [-0.39, 0.29) is 12.5 Å². The number of rotatable bonds is 5. The van der Waals surface area contributed by atoms with E-state index in [1.807, 2.05) is 12.3 Å². The Hall–Kier alpha value is -1.93. The van der Waals surface area contributed by atoms with Crippen molar-refractivity contribution < 1.29 is 18.0 Å². The van der Waals surface area contributed by atoms with E-state index in [9.17, 15) is 18.0 Å². The molecule has 1 heterocycles. The molecule has 124 valence electrons. The summed E-state index contributed by atoms with van der Waals surface area (Å²) in [6, 6.07) is 4.36. The molecular weight excluding hydrogens is 327 g/mol. The average Bonchev–Trinajstić information content (AvgIpc) is 2.83. The highest BCUT2D eigenvalue weighted by Gasteiger charge is 2.29. The summed E-state index contributed by atoms with van der Waals surface area (Å²) in [5.41, 5.74) is 0.477. The first-order valence-electron chi connectivity index (χ1n) is 6.80. The van der Waals surface area contributed by atoms with Crippen LogP contribution in [0.5, 0.6) is 0 Å². The van der Waals surface area contributed by atoms with Crippen LogP contribution in [0.2, 0.25) is 0 Å². The molecular formula is C15H16F3N3OS. The number of hydrogen-bond acceptors (Lipinski definition) is 4. The van der Waals surface area contributed by atoms with Crippen molar-refractivity contribution >= 4 is 22.9 Å². The lowest BCUT2D eigenvalue weighted by molar-refractivity contribution is -0.137. The number of likely N-dealkylation sites (N-methyl/N-ethyl adjacent to an activating group) is 1. The monoisotopic (exact) mass is 343 g/mol. The number of hydrogen-bond donors (Lipinski definition) is 1. The number of aromatic nitrogens is 1. The average molecular weight is 343 g/mol. The van der Waals surface area contributed by atoms with Crippen molar-refractivity contribution in [2.24, 2.45) is 0 Å². The van der Waals surface area contributed by atoms with Crippen molar-refractivity contribution in [3.8, 4) is 0 Å². The van der Waals surface area contributed by atoms with Crippen LogP contribution in [-0.4, -0.2) is 29.4 Å². The zero-order valence-electron chi connectivity index (χ0n) is 12.6. The molecule has 1 N–H and O–H groups in total. The maximum Gasteiger partial charge on any atom is 0.416 e. The number of nitrogens with one attached hydrogen (secondary N) is 1. The van der Waals surface area contributed by atoms with E-state index in [0.29, 0.717) is 12.2 Å². The van der Waals surface area contributed by atoms with E-state index in [2.05, 4.69) is 10.3 Å². The van der Waals surface area contributed by atoms with Gasteiger partial charge in [0.25, 0.3) is 0 Å². The van der Waals surface area contributed by atoms with Gasteiger partial charge in [-0.2, -0.15) is 13.2 Å². The predicted molar refractivity (Wildman–Crippen MR) is 83.3 cm³/mol. The number of alkyl halides is 3. The third kappa shape index (κ3) is 5.33. The Morgan fingerprint density at radius 3 is 2.48 bits per heavy atom. The molecule has 0 aliphatic heterocycles. The fourth-order valence-corrected chi connectivity index (χ4v) is 2.61. The molecule has 23 heavy (non-hydrogen) atoms. The molecule has 0 aliphatic rings. The number of nitrogens with zero attached hydrogens (tertiary/aromatic N) is 2. The standard InChI is InChI=1S/C15H16F3N3OS/c1-10-19-13(9-23-10)7-21(2)8-14(22)20-12-5-3-11(4-6-12)15(16,17)18/h3-6,9H,7-8H2,1-2H3,(H,20,22). The fourth-order valence-electron chi connectivity index (χ4n) is 2.00. The quantitative estimate of drug-likeness (QED) is 0.903. The van der Waals surface area contributed by atoms with Crippen LogP contribution >= 0.6 is 11.3 Å². The molecule has 1 aromatic carbocycles. The van der Waals surface area contributed by atoms with E-state index in [1.165, 1.54) is 12.1 Å². The number of aryl methyl sites for hydroxylation is 1. The third-order valence-corrected chi connectivity index (χ3v) is 3.83. The van der Waals surface area contributed by atoms with Crippen molar-refractivity contribution in [1.29, 1.82) is 0 Å². The molecule has 2 rings (SSSR count). The van der Waals surface area contributed by atoms with Crippen molar-refractivity contribution in [3.63, 3.8) is 0 Å². The zero-order valence-corrected chi connectivity index (χ0v) is 13.5. The molecule has 0 radical (unpaired) electrons. The minimum Gasteiger partial charge on any atom is -0.325 e. The number of halogens is 3. The lowest BCUT2D eigenvalue weighted by atomic mass is 10.2. The lowest BCUT2D eigenvalue weighted by Crippen LogP contribution is -2.29. The SMILES string of the molecule is Cc1nc(CN(C)CC(=O)Nc2ccc(C(F)(F)F)cc2)cs1. The maximum atomic E-state index is 12.5. The highest BCUT2D eigenvalue weighted by Crippen LogP contribution is 2.29. The second-order valence-corrected chi connectivity index (χ2v) is 6.22. The first-order valence-corrected chi connectivity index (χ1v) is 7.68. The lowest BCUT2D eigenvalue weighted by Gasteiger charge is -2.15. The molecule has 0 saturated carbocycles. The van der Waals surface area contributed by atoms with Gasteiger partial charge in [-0.15, -0.1) is 11.3 Å². The number of thiazole rings is 1. The van der Waals surface area contributed by atoms with Gasteiger partial charge in [-0.05, 0) is 38.2 Å². The molecule has 0 aliphatic carbocycles. The van der Waals surface area contributed by atoms with Crippen molar-refractivity contribution in [2.45, 2.75) is 19.6 Å². The van der Waals surface area contributed by atoms with Gasteiger partial charge in [0.15, 0.2) is 0 Å². The topological polar surface area (TPSA) is 45.2 Å². The van der Waals surface area contributed by atoms with Gasteiger partial charge in [0.2, 0.25) is 5.91 Å². The molecule has 0 spiro atoms. The van der Waals surface area contributed by atoms with Crippen LogP contribution < -0.4 is 5.32 Å². The Bertz CT molecular complexity index is 667. The second kappa shape index (κ2) is 7.10. The van der Waals surface area contributed by atoms with E-state index in [4.69, 9.17) is 0 Å². The van der Waals surface area contributed by atoms with Gasteiger partial charge in [-0.3, -0.25) is 9.69 Å². The molecule has 2 aromatic rings. The highest BCUT2D eigenvalue weighted by atomic mass is 32.1. The second-order valence-electron chi connectivity index (χ2n) is 5.15. The summed E-state index contributed by atoms with van der Waals surface area (Å²) in [5, 5.41) is 5.47. The first-order chi connectivity index (χ1) is 10.7. The summed E-state index contributed by atoms with van der Waals surface area (Å²) in [6.07, 6.45) is -4.38. The number of benzene rings is 1. The molecule has 0 fully saturated rings. The summed E-state index contributed by atoms with van der Waals surface area (Å²) in [4.78, 5) is 18.0.